The van der Waals surface area contributed by atoms with Crippen LogP contribution in [-0.4, -0.2) is 33.7 Å². The Morgan fingerprint density at radius 1 is 1.30 bits per heavy atom. The second kappa shape index (κ2) is 11.5. The van der Waals surface area contributed by atoms with Crippen molar-refractivity contribution in [3.8, 4) is 5.75 Å². The van der Waals surface area contributed by atoms with Crippen LogP contribution in [0.2, 0.25) is 0 Å². The maximum Gasteiger partial charge on any atom is 0.431 e. The van der Waals surface area contributed by atoms with Crippen LogP contribution in [-0.2, 0) is 12.7 Å². The number of hydrogen-bond donors (Lipinski definition) is 3. The molecule has 166 valence electrons. The maximum absolute atomic E-state index is 13.0. The van der Waals surface area contributed by atoms with E-state index in [1.165, 1.54) is 11.9 Å². The zero-order valence-electron chi connectivity index (χ0n) is 17.1. The molecule has 0 bridgehead atoms. The molecule has 2 rings (SSSR count). The molecule has 1 aromatic heterocycles. The third-order valence-electron chi connectivity index (χ3n) is 3.74. The van der Waals surface area contributed by atoms with Crippen LogP contribution in [0.1, 0.15) is 30.7 Å². The topological polar surface area (TPSA) is 123 Å². The predicted molar refractivity (Wildman–Crippen MR) is 111 cm³/mol. The van der Waals surface area contributed by atoms with Crippen LogP contribution in [0.5, 0.6) is 5.75 Å². The van der Waals surface area contributed by atoms with Crippen molar-refractivity contribution in [3.05, 3.63) is 51.6 Å². The number of H-pyrrole nitrogens is 1. The standard InChI is InChI=1S/C16H19F3N6O2S.C2H6/c1-9-13(16(17,18)19)22-15(26)23-14(9)28-8-12(24-20)25(21)7-10-3-5-11(27-2)6-4-10;1-2/h3-6H,7-8,20-21H2,1-2H3,(H,22,23,26);1-2H3/b24-12-;. The van der Waals surface area contributed by atoms with Crippen molar-refractivity contribution in [3.63, 3.8) is 0 Å². The second-order valence-corrected chi connectivity index (χ2v) is 6.62. The van der Waals surface area contributed by atoms with E-state index in [1.54, 1.807) is 36.4 Å². The molecule has 0 aliphatic heterocycles. The first-order chi connectivity index (χ1) is 14.2. The van der Waals surface area contributed by atoms with E-state index in [1.807, 2.05) is 13.8 Å². The molecule has 12 heteroatoms. The zero-order chi connectivity index (χ0) is 22.9. The number of ether oxygens (including phenoxy) is 1. The van der Waals surface area contributed by atoms with E-state index in [4.69, 9.17) is 16.4 Å². The first kappa shape index (κ1) is 25.3. The normalized spacial score (nSPS) is 11.5. The van der Waals surface area contributed by atoms with Crippen molar-refractivity contribution < 1.29 is 17.9 Å². The van der Waals surface area contributed by atoms with Gasteiger partial charge in [0.1, 0.15) is 22.3 Å². The van der Waals surface area contributed by atoms with Crippen molar-refractivity contribution >= 4 is 17.6 Å². The number of nitrogens with one attached hydrogen (secondary N) is 1. The lowest BCUT2D eigenvalue weighted by atomic mass is 10.2. The number of rotatable bonds is 6. The number of benzene rings is 1. The van der Waals surface area contributed by atoms with Gasteiger partial charge in [0.05, 0.1) is 19.4 Å². The first-order valence-corrected chi connectivity index (χ1v) is 9.87. The Balaban J connectivity index is 0.00000218. The van der Waals surface area contributed by atoms with Crippen LogP contribution in [0.15, 0.2) is 39.2 Å². The minimum atomic E-state index is -4.69. The molecule has 0 radical (unpaired) electrons. The summed E-state index contributed by atoms with van der Waals surface area (Å²) in [5.74, 6) is 12.3. The second-order valence-electron chi connectivity index (χ2n) is 5.65. The van der Waals surface area contributed by atoms with Gasteiger partial charge in [-0.1, -0.05) is 37.7 Å². The average Bonchev–Trinajstić information content (AvgIpc) is 2.71. The number of alkyl halides is 3. The van der Waals surface area contributed by atoms with Crippen LogP contribution in [0.3, 0.4) is 0 Å². The van der Waals surface area contributed by atoms with E-state index in [2.05, 4.69) is 10.1 Å². The summed E-state index contributed by atoms with van der Waals surface area (Å²) in [5, 5.41) is 4.78. The molecule has 1 heterocycles. The molecule has 30 heavy (non-hydrogen) atoms. The minimum absolute atomic E-state index is 0.0255. The molecule has 1 aromatic carbocycles. The Morgan fingerprint density at radius 3 is 2.40 bits per heavy atom. The van der Waals surface area contributed by atoms with Gasteiger partial charge >= 0.3 is 11.9 Å². The summed E-state index contributed by atoms with van der Waals surface area (Å²) in [6.07, 6.45) is -4.69. The van der Waals surface area contributed by atoms with Gasteiger partial charge in [0.25, 0.3) is 0 Å². The minimum Gasteiger partial charge on any atom is -0.497 e. The molecule has 8 nitrogen and oxygen atoms in total. The number of thioether (sulfide) groups is 1. The van der Waals surface area contributed by atoms with Crippen LogP contribution in [0, 0.1) is 6.92 Å². The summed E-state index contributed by atoms with van der Waals surface area (Å²) in [6, 6.07) is 7.13. The SMILES string of the molecule is CC.COc1ccc(CN(N)/C(CSc2nc(=O)[nH]c(C(F)(F)F)c2C)=N\N)cc1. The van der Waals surface area contributed by atoms with Gasteiger partial charge < -0.3 is 15.6 Å². The van der Waals surface area contributed by atoms with E-state index in [-0.39, 0.29) is 28.7 Å². The van der Waals surface area contributed by atoms with E-state index in [0.29, 0.717) is 5.75 Å². The van der Waals surface area contributed by atoms with Gasteiger partial charge in [-0.2, -0.15) is 23.3 Å². The van der Waals surface area contributed by atoms with E-state index in [9.17, 15) is 18.0 Å². The summed E-state index contributed by atoms with van der Waals surface area (Å²) in [7, 11) is 1.55. The van der Waals surface area contributed by atoms with E-state index in [0.717, 1.165) is 17.3 Å². The number of hydrogen-bond acceptors (Lipinski definition) is 7. The van der Waals surface area contributed by atoms with Gasteiger partial charge in [0.15, 0.2) is 0 Å². The monoisotopic (exact) mass is 446 g/mol. The van der Waals surface area contributed by atoms with Gasteiger partial charge in [-0.15, -0.1) is 0 Å². The largest absolute Gasteiger partial charge is 0.497 e. The number of hydrazine groups is 1. The van der Waals surface area contributed by atoms with Crippen molar-refractivity contribution in [1.82, 2.24) is 15.0 Å². The highest BCUT2D eigenvalue weighted by atomic mass is 32.2. The molecule has 0 spiro atoms. The Morgan fingerprint density at radius 2 is 1.90 bits per heavy atom. The summed E-state index contributed by atoms with van der Waals surface area (Å²) < 4.78 is 44.1. The van der Waals surface area contributed by atoms with Crippen molar-refractivity contribution in [2.24, 2.45) is 16.8 Å². The number of aromatic amines is 1. The molecule has 0 aliphatic carbocycles. The molecule has 0 atom stereocenters. The third kappa shape index (κ3) is 6.95. The highest BCUT2D eigenvalue weighted by Crippen LogP contribution is 2.32. The maximum atomic E-state index is 13.0. The molecule has 5 N–H and O–H groups in total. The molecular weight excluding hydrogens is 421 g/mol. The summed E-state index contributed by atoms with van der Waals surface area (Å²) in [4.78, 5) is 16.8. The van der Waals surface area contributed by atoms with E-state index >= 15 is 0 Å². The number of hydrazone groups is 1. The quantitative estimate of drug-likeness (QED) is 0.156. The molecule has 0 saturated heterocycles. The van der Waals surface area contributed by atoms with Gasteiger partial charge in [-0.3, -0.25) is 5.01 Å². The van der Waals surface area contributed by atoms with Crippen LogP contribution < -0.4 is 22.1 Å². The van der Waals surface area contributed by atoms with Gasteiger partial charge in [0.2, 0.25) is 0 Å². The highest BCUT2D eigenvalue weighted by molar-refractivity contribution is 8.00. The van der Waals surface area contributed by atoms with Crippen LogP contribution in [0.4, 0.5) is 13.2 Å². The number of aromatic nitrogens is 2. The summed E-state index contributed by atoms with van der Waals surface area (Å²) in [5.41, 5.74) is -1.56. The summed E-state index contributed by atoms with van der Waals surface area (Å²) in [6.45, 7) is 5.49. The number of nitrogens with two attached hydrogens (primary N) is 2. The molecule has 0 fully saturated rings. The Kier molecular flexibility index (Phi) is 9.66. The lowest BCUT2D eigenvalue weighted by molar-refractivity contribution is -0.142. The molecular formula is C18H25F3N6O2S. The molecule has 2 aromatic rings. The first-order valence-electron chi connectivity index (χ1n) is 8.88. The molecule has 0 saturated carbocycles. The van der Waals surface area contributed by atoms with Crippen molar-refractivity contribution in [2.45, 2.75) is 38.5 Å². The Hall–Kier alpha value is -2.73. The number of amidine groups is 1. The van der Waals surface area contributed by atoms with Crippen molar-refractivity contribution in [1.29, 1.82) is 0 Å². The Bertz CT molecular complexity index is 900. The predicted octanol–water partition coefficient (Wildman–Crippen LogP) is 2.87. The Labute approximate surface area is 176 Å². The lowest BCUT2D eigenvalue weighted by Crippen LogP contribution is -2.39. The fraction of sp³-hybridized carbons (Fsp3) is 0.389. The zero-order valence-corrected chi connectivity index (χ0v) is 17.9. The van der Waals surface area contributed by atoms with Gasteiger partial charge in [-0.05, 0) is 24.6 Å². The molecule has 0 aliphatic rings. The smallest absolute Gasteiger partial charge is 0.431 e. The van der Waals surface area contributed by atoms with Gasteiger partial charge in [0, 0.05) is 5.56 Å². The van der Waals surface area contributed by atoms with Crippen LogP contribution in [0.25, 0.3) is 0 Å². The van der Waals surface area contributed by atoms with Crippen molar-refractivity contribution in [2.75, 3.05) is 12.9 Å². The van der Waals surface area contributed by atoms with E-state index < -0.39 is 17.6 Å². The molecule has 0 unspecified atom stereocenters. The fourth-order valence-corrected chi connectivity index (χ4v) is 3.25. The summed E-state index contributed by atoms with van der Waals surface area (Å²) >= 11 is 0.886. The number of nitrogens with zero attached hydrogens (tertiary/aromatic N) is 3. The average molecular weight is 446 g/mol. The van der Waals surface area contributed by atoms with Crippen LogP contribution >= 0.6 is 11.8 Å². The molecule has 0 amide bonds. The third-order valence-corrected chi connectivity index (χ3v) is 4.82. The lowest BCUT2D eigenvalue weighted by Gasteiger charge is -2.20. The number of halogens is 3. The van der Waals surface area contributed by atoms with Gasteiger partial charge in [-0.25, -0.2) is 10.6 Å². The highest BCUT2D eigenvalue weighted by Gasteiger charge is 2.35. The fourth-order valence-electron chi connectivity index (χ4n) is 2.28. The number of methoxy groups -OCH3 is 1.